The maximum Gasteiger partial charge on any atom is 0.276 e. The number of benzene rings is 1. The van der Waals surface area contributed by atoms with Crippen LogP contribution in [0.15, 0.2) is 40.0 Å². The molecule has 0 amide bonds. The van der Waals surface area contributed by atoms with Crippen LogP contribution in [0.1, 0.15) is 17.5 Å². The van der Waals surface area contributed by atoms with Gasteiger partial charge >= 0.3 is 0 Å². The van der Waals surface area contributed by atoms with Crippen LogP contribution in [0.3, 0.4) is 0 Å². The molecule has 2 N–H and O–H groups in total. The zero-order valence-electron chi connectivity index (χ0n) is 9.34. The van der Waals surface area contributed by atoms with Crippen molar-refractivity contribution < 1.29 is 16.8 Å². The van der Waals surface area contributed by atoms with Crippen molar-refractivity contribution in [1.29, 1.82) is 0 Å². The Kier molecular flexibility index (Phi) is 5.47. The predicted octanol–water partition coefficient (Wildman–Crippen LogP) is -0.962. The molecule has 0 saturated heterocycles. The van der Waals surface area contributed by atoms with Crippen LogP contribution in [-0.2, 0) is 6.42 Å². The number of nitrogens with zero attached hydrogens (tertiary/aromatic N) is 2. The fourth-order valence-electron chi connectivity index (χ4n) is 1.41. The summed E-state index contributed by atoms with van der Waals surface area (Å²) in [6.45, 7) is 0. The molecule has 1 aromatic carbocycles. The Bertz CT molecular complexity index is 449. The van der Waals surface area contributed by atoms with E-state index in [1.165, 1.54) is 17.3 Å². The van der Waals surface area contributed by atoms with Gasteiger partial charge < -0.3 is 22.6 Å². The summed E-state index contributed by atoms with van der Waals surface area (Å²) < 4.78 is 5.38. The summed E-state index contributed by atoms with van der Waals surface area (Å²) in [5.41, 5.74) is 7.16. The molecule has 0 aliphatic heterocycles. The van der Waals surface area contributed by atoms with Gasteiger partial charge in [-0.1, -0.05) is 42.1 Å². The van der Waals surface area contributed by atoms with Gasteiger partial charge in [-0.15, -0.1) is 10.2 Å². The van der Waals surface area contributed by atoms with Crippen LogP contribution in [-0.4, -0.2) is 16.5 Å². The molecule has 4 nitrogen and oxygen atoms in total. The minimum absolute atomic E-state index is 0. The van der Waals surface area contributed by atoms with Crippen molar-refractivity contribution in [3.05, 3.63) is 41.8 Å². The fourth-order valence-corrected chi connectivity index (χ4v) is 1.70. The molecular formula is C11H13ClN3OS-. The molecule has 0 radical (unpaired) electrons. The van der Waals surface area contributed by atoms with Crippen molar-refractivity contribution in [3.63, 3.8) is 0 Å². The lowest BCUT2D eigenvalue weighted by molar-refractivity contribution is -0.00000398. The van der Waals surface area contributed by atoms with Gasteiger partial charge in [-0.25, -0.2) is 0 Å². The second-order valence-electron chi connectivity index (χ2n) is 3.41. The van der Waals surface area contributed by atoms with Gasteiger partial charge in [0.2, 0.25) is 5.89 Å². The number of hydrogen-bond acceptors (Lipinski definition) is 5. The first kappa shape index (κ1) is 14.0. The predicted molar refractivity (Wildman–Crippen MR) is 63.2 cm³/mol. The van der Waals surface area contributed by atoms with E-state index >= 15 is 0 Å². The molecule has 92 valence electrons. The minimum Gasteiger partial charge on any atom is -1.00 e. The fraction of sp³-hybridized carbons (Fsp3) is 0.273. The van der Waals surface area contributed by atoms with Gasteiger partial charge in [0, 0.05) is 0 Å². The molecule has 0 bridgehead atoms. The Balaban J connectivity index is 0.00000144. The highest BCUT2D eigenvalue weighted by Crippen LogP contribution is 2.18. The average molecular weight is 271 g/mol. The first-order valence-electron chi connectivity index (χ1n) is 4.96. The van der Waals surface area contributed by atoms with E-state index in [1.54, 1.807) is 0 Å². The van der Waals surface area contributed by atoms with Crippen LogP contribution in [0, 0.1) is 0 Å². The highest BCUT2D eigenvalue weighted by atomic mass is 35.5. The van der Waals surface area contributed by atoms with Gasteiger partial charge in [-0.05, 0) is 18.2 Å². The minimum atomic E-state index is -0.240. The van der Waals surface area contributed by atoms with Crippen molar-refractivity contribution in [2.75, 3.05) is 6.26 Å². The Morgan fingerprint density at radius 3 is 2.59 bits per heavy atom. The van der Waals surface area contributed by atoms with Crippen LogP contribution < -0.4 is 18.1 Å². The monoisotopic (exact) mass is 270 g/mol. The molecule has 0 spiro atoms. The third-order valence-corrected chi connectivity index (χ3v) is 2.73. The largest absolute Gasteiger partial charge is 1.00 e. The van der Waals surface area contributed by atoms with Crippen LogP contribution in [0.4, 0.5) is 0 Å². The molecule has 1 heterocycles. The molecule has 0 unspecified atom stereocenters. The molecule has 2 aromatic rings. The summed E-state index contributed by atoms with van der Waals surface area (Å²) in [6, 6.07) is 9.79. The van der Waals surface area contributed by atoms with Gasteiger partial charge in [0.25, 0.3) is 5.22 Å². The van der Waals surface area contributed by atoms with Gasteiger partial charge in [-0.2, -0.15) is 0 Å². The standard InChI is InChI=1S/C11H13N3OS.ClH/c1-16-11-14-13-10(15-11)9(12)7-8-5-3-2-4-6-8;/h2-6,9H,7,12H2,1H3;1H/p-1/t9-;/m0./s1. The molecule has 0 aliphatic carbocycles. The summed E-state index contributed by atoms with van der Waals surface area (Å²) in [5, 5.41) is 8.34. The highest BCUT2D eigenvalue weighted by molar-refractivity contribution is 7.98. The van der Waals surface area contributed by atoms with Crippen molar-refractivity contribution in [3.8, 4) is 0 Å². The third kappa shape index (κ3) is 3.73. The summed E-state index contributed by atoms with van der Waals surface area (Å²) >= 11 is 1.42. The van der Waals surface area contributed by atoms with Crippen LogP contribution in [0.2, 0.25) is 0 Å². The molecule has 17 heavy (non-hydrogen) atoms. The smallest absolute Gasteiger partial charge is 0.276 e. The molecule has 6 heteroatoms. The summed E-state index contributed by atoms with van der Waals surface area (Å²) in [4.78, 5) is 0. The van der Waals surface area contributed by atoms with E-state index < -0.39 is 0 Å². The van der Waals surface area contributed by atoms with E-state index in [0.29, 0.717) is 17.5 Å². The first-order valence-corrected chi connectivity index (χ1v) is 6.19. The van der Waals surface area contributed by atoms with E-state index in [4.69, 9.17) is 10.2 Å². The third-order valence-electron chi connectivity index (χ3n) is 2.21. The molecule has 2 rings (SSSR count). The number of aromatic nitrogens is 2. The number of rotatable bonds is 4. The molecule has 1 aromatic heterocycles. The van der Waals surface area contributed by atoms with Gasteiger partial charge in [0.15, 0.2) is 0 Å². The zero-order valence-corrected chi connectivity index (χ0v) is 10.9. The molecule has 1 atom stereocenters. The number of hydrogen-bond donors (Lipinski definition) is 1. The maximum absolute atomic E-state index is 5.99. The zero-order chi connectivity index (χ0) is 11.4. The quantitative estimate of drug-likeness (QED) is 0.725. The molecule has 0 aliphatic rings. The summed E-state index contributed by atoms with van der Waals surface area (Å²) in [6.07, 6.45) is 2.59. The lowest BCUT2D eigenvalue weighted by atomic mass is 10.1. The lowest BCUT2D eigenvalue weighted by Gasteiger charge is -2.06. The number of thioether (sulfide) groups is 1. The van der Waals surface area contributed by atoms with Crippen molar-refractivity contribution in [2.24, 2.45) is 5.73 Å². The van der Waals surface area contributed by atoms with Gasteiger partial charge in [-0.3, -0.25) is 0 Å². The Hall–Kier alpha value is -1.04. The molecule has 0 fully saturated rings. The van der Waals surface area contributed by atoms with Gasteiger partial charge in [0.05, 0.1) is 6.04 Å². The highest BCUT2D eigenvalue weighted by Gasteiger charge is 2.14. The average Bonchev–Trinajstić information content (AvgIpc) is 2.79. The number of halogens is 1. The van der Waals surface area contributed by atoms with E-state index in [2.05, 4.69) is 10.2 Å². The normalized spacial score (nSPS) is 11.9. The van der Waals surface area contributed by atoms with Crippen molar-refractivity contribution in [1.82, 2.24) is 10.2 Å². The van der Waals surface area contributed by atoms with E-state index in [1.807, 2.05) is 36.6 Å². The molecular weight excluding hydrogens is 258 g/mol. The SMILES string of the molecule is CSc1nnc([C@@H](N)Cc2ccccc2)o1.[Cl-]. The number of nitrogens with two attached hydrogens (primary N) is 1. The van der Waals surface area contributed by atoms with Crippen LogP contribution >= 0.6 is 11.8 Å². The summed E-state index contributed by atoms with van der Waals surface area (Å²) in [7, 11) is 0. The van der Waals surface area contributed by atoms with Gasteiger partial charge in [0.1, 0.15) is 0 Å². The Morgan fingerprint density at radius 2 is 2.00 bits per heavy atom. The first-order chi connectivity index (χ1) is 7.79. The van der Waals surface area contributed by atoms with Crippen LogP contribution in [0.25, 0.3) is 0 Å². The van der Waals surface area contributed by atoms with Crippen molar-refractivity contribution in [2.45, 2.75) is 17.7 Å². The van der Waals surface area contributed by atoms with E-state index in [0.717, 1.165) is 0 Å². The van der Waals surface area contributed by atoms with E-state index in [9.17, 15) is 0 Å². The van der Waals surface area contributed by atoms with Crippen LogP contribution in [0.5, 0.6) is 0 Å². The van der Waals surface area contributed by atoms with E-state index in [-0.39, 0.29) is 18.4 Å². The van der Waals surface area contributed by atoms with Crippen molar-refractivity contribution >= 4 is 11.8 Å². The second kappa shape index (κ2) is 6.64. The Labute approximate surface area is 110 Å². The summed E-state index contributed by atoms with van der Waals surface area (Å²) in [5.74, 6) is 0.494. The second-order valence-corrected chi connectivity index (χ2v) is 4.16. The Morgan fingerprint density at radius 1 is 1.29 bits per heavy atom. The maximum atomic E-state index is 5.99. The lowest BCUT2D eigenvalue weighted by Crippen LogP contribution is -3.00. The topological polar surface area (TPSA) is 64.9 Å². The molecule has 0 saturated carbocycles.